The van der Waals surface area contributed by atoms with Gasteiger partial charge in [-0.05, 0) is 58.0 Å². The molecule has 8 heteroatoms. The van der Waals surface area contributed by atoms with Crippen molar-refractivity contribution in [1.29, 1.82) is 0 Å². The molecule has 1 aliphatic carbocycles. The minimum absolute atomic E-state index is 0.0760. The van der Waals surface area contributed by atoms with Gasteiger partial charge in [-0.25, -0.2) is 4.79 Å². The molecule has 0 heterocycles. The third-order valence-corrected chi connectivity index (χ3v) is 5.95. The molecule has 33 heavy (non-hydrogen) atoms. The molecule has 0 aliphatic heterocycles. The van der Waals surface area contributed by atoms with Crippen LogP contribution in [0.5, 0.6) is 0 Å². The van der Waals surface area contributed by atoms with Gasteiger partial charge >= 0.3 is 12.1 Å². The molecule has 0 unspecified atom stereocenters. The van der Waals surface area contributed by atoms with Gasteiger partial charge in [0.1, 0.15) is 6.61 Å². The Morgan fingerprint density at radius 1 is 1.09 bits per heavy atom. The topological polar surface area (TPSA) is 116 Å². The molecule has 0 bridgehead atoms. The third-order valence-electron chi connectivity index (χ3n) is 5.95. The first-order valence-electron chi connectivity index (χ1n) is 10.4. The summed E-state index contributed by atoms with van der Waals surface area (Å²) in [5.41, 5.74) is 15.0. The van der Waals surface area contributed by atoms with Gasteiger partial charge in [0.25, 0.3) is 0 Å². The largest absolute Gasteiger partial charge is 0.481 e. The number of rotatable bonds is 6. The van der Waals surface area contributed by atoms with E-state index in [1.807, 2.05) is 36.4 Å². The lowest BCUT2D eigenvalue weighted by atomic mass is 9.98. The second-order valence-electron chi connectivity index (χ2n) is 7.87. The summed E-state index contributed by atoms with van der Waals surface area (Å²) in [6.45, 7) is 1.88. The molecule has 0 saturated heterocycles. The van der Waals surface area contributed by atoms with Gasteiger partial charge in [-0.1, -0.05) is 53.6 Å². The van der Waals surface area contributed by atoms with Gasteiger partial charge in [0, 0.05) is 23.6 Å². The number of anilines is 1. The predicted molar refractivity (Wildman–Crippen MR) is 125 cm³/mol. The van der Waals surface area contributed by atoms with Crippen molar-refractivity contribution in [2.45, 2.75) is 19.3 Å². The summed E-state index contributed by atoms with van der Waals surface area (Å²) < 4.78 is 5.70. The number of azide groups is 1. The van der Waals surface area contributed by atoms with Gasteiger partial charge in [-0.15, -0.1) is 0 Å². The van der Waals surface area contributed by atoms with Crippen molar-refractivity contribution in [2.24, 2.45) is 5.11 Å². The number of carbonyl (C=O) groups excluding carboxylic acids is 1. The quantitative estimate of drug-likeness (QED) is 0.288. The van der Waals surface area contributed by atoms with E-state index in [4.69, 9.17) is 10.3 Å². The van der Waals surface area contributed by atoms with Crippen molar-refractivity contribution in [3.63, 3.8) is 0 Å². The van der Waals surface area contributed by atoms with Crippen LogP contribution in [-0.4, -0.2) is 30.8 Å². The molecule has 1 N–H and O–H groups in total. The number of fused-ring (bicyclic) bond motifs is 3. The third kappa shape index (κ3) is 4.24. The van der Waals surface area contributed by atoms with Crippen LogP contribution in [0.4, 0.5) is 16.2 Å². The van der Waals surface area contributed by atoms with Crippen LogP contribution in [0.15, 0.2) is 65.8 Å². The predicted octanol–water partition coefficient (Wildman–Crippen LogP) is 5.95. The van der Waals surface area contributed by atoms with E-state index >= 15 is 0 Å². The number of nitrogens with zero attached hydrogens (tertiary/aromatic N) is 4. The van der Waals surface area contributed by atoms with Gasteiger partial charge in [0.2, 0.25) is 0 Å². The zero-order valence-corrected chi connectivity index (χ0v) is 18.2. The zero-order valence-electron chi connectivity index (χ0n) is 18.2. The Morgan fingerprint density at radius 3 is 2.27 bits per heavy atom. The van der Waals surface area contributed by atoms with Crippen LogP contribution in [0.25, 0.3) is 21.6 Å². The second kappa shape index (κ2) is 9.06. The van der Waals surface area contributed by atoms with Crippen LogP contribution >= 0.6 is 0 Å². The molecule has 0 radical (unpaired) electrons. The molecule has 0 spiro atoms. The Hall–Kier alpha value is -4.29. The highest BCUT2D eigenvalue weighted by atomic mass is 16.6. The molecule has 0 atom stereocenters. The number of carboxylic acids is 1. The molecule has 0 fully saturated rings. The minimum atomic E-state index is -1.02. The van der Waals surface area contributed by atoms with Gasteiger partial charge in [-0.2, -0.15) is 0 Å². The lowest BCUT2D eigenvalue weighted by Crippen LogP contribution is -2.29. The van der Waals surface area contributed by atoms with Crippen molar-refractivity contribution >= 4 is 23.4 Å². The molecule has 0 saturated carbocycles. The lowest BCUT2D eigenvalue weighted by Gasteiger charge is -2.23. The Kier molecular flexibility index (Phi) is 6.02. The molecule has 3 aromatic rings. The number of carboxylic acid groups (broad SMARTS) is 1. The first kappa shape index (κ1) is 21.9. The standard InChI is InChI=1S/C25H22N4O4/c1-15-16(12-24(30)31)11-17(27-28-26)13-23(15)29(2)25(32)33-14-22-20-9-5-3-7-18(20)19-8-4-6-10-21(19)22/h3-11,13,22H,12,14H2,1-2H3,(H,30,31). The molecular formula is C25H22N4O4. The number of aliphatic carboxylic acids is 1. The number of carbonyl (C=O) groups is 2. The fourth-order valence-electron chi connectivity index (χ4n) is 4.33. The maximum atomic E-state index is 13.0. The van der Waals surface area contributed by atoms with E-state index in [0.717, 1.165) is 22.3 Å². The molecule has 3 aromatic carbocycles. The Labute approximate surface area is 190 Å². The van der Waals surface area contributed by atoms with E-state index in [1.54, 1.807) is 20.0 Å². The fraction of sp³-hybridized carbons (Fsp3) is 0.200. The summed E-state index contributed by atoms with van der Waals surface area (Å²) in [6.07, 6.45) is -0.842. The van der Waals surface area contributed by atoms with E-state index in [0.29, 0.717) is 16.8 Å². The number of hydrogen-bond donors (Lipinski definition) is 1. The van der Waals surface area contributed by atoms with E-state index in [9.17, 15) is 14.7 Å². The van der Waals surface area contributed by atoms with Crippen LogP contribution in [0.2, 0.25) is 0 Å². The van der Waals surface area contributed by atoms with Crippen LogP contribution in [-0.2, 0) is 16.0 Å². The molecule has 1 amide bonds. The molecule has 0 aromatic heterocycles. The van der Waals surface area contributed by atoms with Gasteiger partial charge in [-0.3, -0.25) is 9.69 Å². The van der Waals surface area contributed by atoms with Crippen LogP contribution in [0.1, 0.15) is 28.2 Å². The Bertz CT molecular complexity index is 1250. The van der Waals surface area contributed by atoms with Crippen molar-refractivity contribution in [3.05, 3.63) is 93.4 Å². The average Bonchev–Trinajstić information content (AvgIpc) is 3.12. The van der Waals surface area contributed by atoms with Crippen molar-refractivity contribution in [2.75, 3.05) is 18.6 Å². The first-order valence-corrected chi connectivity index (χ1v) is 10.4. The maximum absolute atomic E-state index is 13.0. The minimum Gasteiger partial charge on any atom is -0.481 e. The van der Waals surface area contributed by atoms with Gasteiger partial charge < -0.3 is 9.84 Å². The summed E-state index contributed by atoms with van der Waals surface area (Å²) in [7, 11) is 1.55. The Balaban J connectivity index is 1.58. The average molecular weight is 442 g/mol. The SMILES string of the molecule is Cc1c(CC(=O)O)cc(N=[N+]=[N-])cc1N(C)C(=O)OCC1c2ccccc2-c2ccccc21. The van der Waals surface area contributed by atoms with E-state index in [1.165, 1.54) is 11.0 Å². The zero-order chi connectivity index (χ0) is 23.5. The van der Waals surface area contributed by atoms with Crippen molar-refractivity contribution in [3.8, 4) is 11.1 Å². The Morgan fingerprint density at radius 2 is 1.70 bits per heavy atom. The summed E-state index contributed by atoms with van der Waals surface area (Å²) >= 11 is 0. The van der Waals surface area contributed by atoms with Crippen LogP contribution in [0, 0.1) is 6.92 Å². The number of hydrogen-bond acceptors (Lipinski definition) is 4. The highest BCUT2D eigenvalue weighted by Crippen LogP contribution is 2.44. The lowest BCUT2D eigenvalue weighted by molar-refractivity contribution is -0.136. The number of benzene rings is 3. The van der Waals surface area contributed by atoms with Gasteiger partial charge in [0.05, 0.1) is 12.1 Å². The molecule has 4 rings (SSSR count). The van der Waals surface area contributed by atoms with Crippen LogP contribution < -0.4 is 4.90 Å². The monoisotopic (exact) mass is 442 g/mol. The highest BCUT2D eigenvalue weighted by molar-refractivity contribution is 5.90. The molecule has 1 aliphatic rings. The summed E-state index contributed by atoms with van der Waals surface area (Å²) in [4.78, 5) is 28.3. The fourth-order valence-corrected chi connectivity index (χ4v) is 4.33. The first-order chi connectivity index (χ1) is 15.9. The van der Waals surface area contributed by atoms with Gasteiger partial charge in [0.15, 0.2) is 0 Å². The number of ether oxygens (including phenoxy) is 1. The summed E-state index contributed by atoms with van der Waals surface area (Å²) in [5.74, 6) is -1.10. The summed E-state index contributed by atoms with van der Waals surface area (Å²) in [5, 5.41) is 12.8. The number of amides is 1. The normalized spacial score (nSPS) is 11.8. The van der Waals surface area contributed by atoms with E-state index in [2.05, 4.69) is 22.2 Å². The van der Waals surface area contributed by atoms with E-state index in [-0.39, 0.29) is 24.6 Å². The van der Waals surface area contributed by atoms with E-state index < -0.39 is 12.1 Å². The summed E-state index contributed by atoms with van der Waals surface area (Å²) in [6, 6.07) is 19.2. The highest BCUT2D eigenvalue weighted by Gasteiger charge is 2.29. The second-order valence-corrected chi connectivity index (χ2v) is 7.87. The van der Waals surface area contributed by atoms with Crippen LogP contribution in [0.3, 0.4) is 0 Å². The molecule has 166 valence electrons. The smallest absolute Gasteiger partial charge is 0.414 e. The maximum Gasteiger partial charge on any atom is 0.414 e. The molecular weight excluding hydrogens is 420 g/mol. The van der Waals surface area contributed by atoms with Crippen molar-refractivity contribution < 1.29 is 19.4 Å². The van der Waals surface area contributed by atoms with Crippen molar-refractivity contribution in [1.82, 2.24) is 0 Å². The molecule has 8 nitrogen and oxygen atoms in total.